The largest absolute Gasteiger partial charge is 0.324 e. The first-order chi connectivity index (χ1) is 4.79. The quantitative estimate of drug-likeness (QED) is 0.612. The van der Waals surface area contributed by atoms with Crippen LogP contribution in [-0.4, -0.2) is 12.0 Å². The average Bonchev–Trinajstić information content (AvgIpc) is 2.41. The summed E-state index contributed by atoms with van der Waals surface area (Å²) in [4.78, 5) is 6.10. The Morgan fingerprint density at radius 2 is 2.60 bits per heavy atom. The maximum absolute atomic E-state index is 4.10. The third-order valence-electron chi connectivity index (χ3n) is 1.52. The van der Waals surface area contributed by atoms with Gasteiger partial charge in [-0.1, -0.05) is 6.58 Å². The maximum atomic E-state index is 4.10. The average molecular weight is 153 g/mol. The number of rotatable bonds is 0. The molecule has 0 aromatic carbocycles. The van der Waals surface area contributed by atoms with Gasteiger partial charge in [-0.25, -0.2) is 4.98 Å². The smallest absolute Gasteiger partial charge is 0.167 e. The third-order valence-corrected chi connectivity index (χ3v) is 2.42. The fraction of sp³-hybridized carbons (Fsp3) is 0.167. The van der Waals surface area contributed by atoms with Crippen molar-refractivity contribution in [2.24, 2.45) is 0 Å². The number of aromatic nitrogens is 1. The molecule has 1 N–H and O–H groups in total. The van der Waals surface area contributed by atoms with Gasteiger partial charge in [0, 0.05) is 7.05 Å². The molecule has 0 bridgehead atoms. The molecule has 2 heterocycles. The topological polar surface area (TPSA) is 28.2 Å². The molecule has 0 spiro atoms. The van der Waals surface area contributed by atoms with Crippen molar-refractivity contribution in [3.63, 3.8) is 0 Å². The summed E-state index contributed by atoms with van der Waals surface area (Å²) in [6, 6.07) is 0. The first-order valence-corrected chi connectivity index (χ1v) is 3.80. The molecular weight excluding hydrogens is 146 g/mol. The molecule has 0 fully saturated rings. The summed E-state index contributed by atoms with van der Waals surface area (Å²) in [6.07, 6.45) is 0. The van der Waals surface area contributed by atoms with Crippen molar-refractivity contribution < 1.29 is 0 Å². The Bertz CT molecular complexity index is 278. The molecule has 0 unspecified atom stereocenters. The van der Waals surface area contributed by atoms with E-state index in [2.05, 4.69) is 16.9 Å². The Hall–Kier alpha value is -1.03. The second kappa shape index (κ2) is 1.73. The maximum Gasteiger partial charge on any atom is 0.167 e. The number of thiazole rings is 1. The lowest BCUT2D eigenvalue weighted by molar-refractivity contribution is 1.18. The summed E-state index contributed by atoms with van der Waals surface area (Å²) >= 11 is 1.62. The van der Waals surface area contributed by atoms with E-state index >= 15 is 0 Å². The minimum atomic E-state index is 0.898. The lowest BCUT2D eigenvalue weighted by Gasteiger charge is -2.08. The van der Waals surface area contributed by atoms with E-state index in [1.807, 2.05) is 17.5 Å². The Labute approximate surface area is 63.0 Å². The molecule has 52 valence electrons. The highest BCUT2D eigenvalue weighted by Crippen LogP contribution is 2.36. The number of anilines is 2. The van der Waals surface area contributed by atoms with E-state index in [-0.39, 0.29) is 0 Å². The minimum Gasteiger partial charge on any atom is -0.324 e. The highest BCUT2D eigenvalue weighted by Gasteiger charge is 2.20. The number of hydrogen-bond acceptors (Lipinski definition) is 4. The van der Waals surface area contributed by atoms with Crippen LogP contribution in [0.2, 0.25) is 0 Å². The number of hydrogen-bond donors (Lipinski definition) is 1. The second-order valence-corrected chi connectivity index (χ2v) is 2.97. The standard InChI is InChI=1S/C6H7N3S/c1-4-8-5-6(9(4)2)10-3-7-5/h3,8H,1H2,2H3. The molecule has 0 saturated carbocycles. The van der Waals surface area contributed by atoms with Crippen LogP contribution in [-0.2, 0) is 0 Å². The highest BCUT2D eigenvalue weighted by molar-refractivity contribution is 7.14. The molecule has 0 radical (unpaired) electrons. The van der Waals surface area contributed by atoms with Crippen LogP contribution in [0.1, 0.15) is 0 Å². The van der Waals surface area contributed by atoms with Crippen molar-refractivity contribution in [3.05, 3.63) is 17.9 Å². The molecule has 1 aliphatic heterocycles. The van der Waals surface area contributed by atoms with Gasteiger partial charge in [-0.2, -0.15) is 0 Å². The van der Waals surface area contributed by atoms with Gasteiger partial charge in [0.2, 0.25) is 0 Å². The third kappa shape index (κ3) is 0.565. The van der Waals surface area contributed by atoms with Crippen LogP contribution < -0.4 is 10.2 Å². The first kappa shape index (κ1) is 5.73. The van der Waals surface area contributed by atoms with Crippen molar-refractivity contribution in [1.29, 1.82) is 0 Å². The summed E-state index contributed by atoms with van der Waals surface area (Å²) in [6.45, 7) is 3.80. The van der Waals surface area contributed by atoms with Gasteiger partial charge in [-0.15, -0.1) is 11.3 Å². The Balaban J connectivity index is 2.52. The molecule has 10 heavy (non-hydrogen) atoms. The van der Waals surface area contributed by atoms with E-state index in [1.165, 1.54) is 0 Å². The highest BCUT2D eigenvalue weighted by atomic mass is 32.1. The van der Waals surface area contributed by atoms with E-state index in [0.29, 0.717) is 0 Å². The molecule has 1 aromatic rings. The minimum absolute atomic E-state index is 0.898. The van der Waals surface area contributed by atoms with Crippen LogP contribution in [0, 0.1) is 0 Å². The zero-order valence-corrected chi connectivity index (χ0v) is 6.40. The van der Waals surface area contributed by atoms with E-state index in [9.17, 15) is 0 Å². The van der Waals surface area contributed by atoms with Gasteiger partial charge < -0.3 is 10.2 Å². The van der Waals surface area contributed by atoms with Crippen molar-refractivity contribution in [2.45, 2.75) is 0 Å². The van der Waals surface area contributed by atoms with Gasteiger partial charge in [0.25, 0.3) is 0 Å². The normalized spacial score (nSPS) is 15.3. The SMILES string of the molecule is C=C1Nc2ncsc2N1C. The van der Waals surface area contributed by atoms with Gasteiger partial charge in [0.15, 0.2) is 5.82 Å². The molecule has 0 aliphatic carbocycles. The van der Waals surface area contributed by atoms with E-state index < -0.39 is 0 Å². The van der Waals surface area contributed by atoms with Crippen molar-refractivity contribution in [2.75, 3.05) is 17.3 Å². The summed E-state index contributed by atoms with van der Waals surface area (Å²) in [5.74, 6) is 1.83. The predicted molar refractivity (Wildman–Crippen MR) is 43.3 cm³/mol. The van der Waals surface area contributed by atoms with Gasteiger partial charge >= 0.3 is 0 Å². The van der Waals surface area contributed by atoms with Crippen molar-refractivity contribution in [3.8, 4) is 0 Å². The van der Waals surface area contributed by atoms with Crippen molar-refractivity contribution in [1.82, 2.24) is 4.98 Å². The van der Waals surface area contributed by atoms with E-state index in [0.717, 1.165) is 16.6 Å². The monoisotopic (exact) mass is 153 g/mol. The van der Waals surface area contributed by atoms with Crippen molar-refractivity contribution >= 4 is 22.2 Å². The molecule has 1 aliphatic rings. The molecule has 0 amide bonds. The van der Waals surface area contributed by atoms with Gasteiger partial charge in [0.1, 0.15) is 10.8 Å². The first-order valence-electron chi connectivity index (χ1n) is 2.92. The number of nitrogens with zero attached hydrogens (tertiary/aromatic N) is 2. The molecule has 3 nitrogen and oxygen atoms in total. The molecular formula is C6H7N3S. The Kier molecular flexibility index (Phi) is 0.990. The van der Waals surface area contributed by atoms with Crippen LogP contribution in [0.15, 0.2) is 17.9 Å². The van der Waals surface area contributed by atoms with E-state index in [1.54, 1.807) is 11.3 Å². The molecule has 1 aromatic heterocycles. The summed E-state index contributed by atoms with van der Waals surface area (Å²) < 4.78 is 0. The van der Waals surface area contributed by atoms with Crippen LogP contribution >= 0.6 is 11.3 Å². The van der Waals surface area contributed by atoms with Crippen LogP contribution in [0.3, 0.4) is 0 Å². The summed E-state index contributed by atoms with van der Waals surface area (Å²) in [7, 11) is 1.97. The lowest BCUT2D eigenvalue weighted by Crippen LogP contribution is -2.12. The van der Waals surface area contributed by atoms with Crippen LogP contribution in [0.4, 0.5) is 10.8 Å². The fourth-order valence-corrected chi connectivity index (χ4v) is 1.65. The molecule has 0 saturated heterocycles. The number of fused-ring (bicyclic) bond motifs is 1. The summed E-state index contributed by atoms with van der Waals surface area (Å²) in [5, 5.41) is 4.20. The zero-order valence-electron chi connectivity index (χ0n) is 5.59. The molecule has 0 atom stereocenters. The number of nitrogens with one attached hydrogen (secondary N) is 1. The second-order valence-electron chi connectivity index (χ2n) is 2.14. The van der Waals surface area contributed by atoms with Gasteiger partial charge in [-0.05, 0) is 0 Å². The van der Waals surface area contributed by atoms with Crippen LogP contribution in [0.25, 0.3) is 0 Å². The zero-order chi connectivity index (χ0) is 7.14. The summed E-state index contributed by atoms with van der Waals surface area (Å²) in [5.41, 5.74) is 1.82. The Morgan fingerprint density at radius 3 is 3.30 bits per heavy atom. The fourth-order valence-electron chi connectivity index (χ4n) is 0.907. The van der Waals surface area contributed by atoms with Crippen LogP contribution in [0.5, 0.6) is 0 Å². The van der Waals surface area contributed by atoms with Gasteiger partial charge in [-0.3, -0.25) is 0 Å². The molecule has 2 rings (SSSR count). The Morgan fingerprint density at radius 1 is 1.80 bits per heavy atom. The van der Waals surface area contributed by atoms with E-state index in [4.69, 9.17) is 0 Å². The predicted octanol–water partition coefficient (Wildman–Crippen LogP) is 1.48. The molecule has 4 heteroatoms. The van der Waals surface area contributed by atoms with Gasteiger partial charge in [0.05, 0.1) is 5.51 Å². The lowest BCUT2D eigenvalue weighted by atomic mass is 10.7.